The van der Waals surface area contributed by atoms with E-state index in [9.17, 15) is 0 Å². The van der Waals surface area contributed by atoms with E-state index in [1.54, 1.807) is 7.11 Å². The second-order valence-electron chi connectivity index (χ2n) is 9.25. The van der Waals surface area contributed by atoms with Crippen LogP contribution in [0.1, 0.15) is 39.2 Å². The lowest BCUT2D eigenvalue weighted by Crippen LogP contribution is -2.40. The van der Waals surface area contributed by atoms with Gasteiger partial charge in [0.25, 0.3) is 0 Å². The van der Waals surface area contributed by atoms with Gasteiger partial charge in [0.15, 0.2) is 35.7 Å². The van der Waals surface area contributed by atoms with Crippen LogP contribution in [0, 0.1) is 0 Å². The van der Waals surface area contributed by atoms with Crippen molar-refractivity contribution in [2.75, 3.05) is 20.5 Å². The molecule has 0 saturated carbocycles. The summed E-state index contributed by atoms with van der Waals surface area (Å²) >= 11 is 0. The number of aromatic nitrogens is 1. The molecule has 3 heterocycles. The smallest absolute Gasteiger partial charge is 0.231 e. The lowest BCUT2D eigenvalue weighted by atomic mass is 9.95. The van der Waals surface area contributed by atoms with Crippen molar-refractivity contribution in [2.45, 2.75) is 46.6 Å². The number of pyridine rings is 1. The number of hydrogen-bond donors (Lipinski definition) is 0. The zero-order valence-corrected chi connectivity index (χ0v) is 20.4. The largest absolute Gasteiger partial charge is 0.493 e. The summed E-state index contributed by atoms with van der Waals surface area (Å²) in [5.41, 5.74) is 6.36. The number of methoxy groups -OCH3 is 1. The van der Waals surface area contributed by atoms with Gasteiger partial charge in [-0.25, -0.2) is 0 Å². The molecule has 3 aromatic rings. The standard InChI is InChI=1S/C29H32NO4/c1-19(2)6-5-7-20(3)11-13-32-29-24-17-30-12-10-22-15-27-28(34-18-33-27)16-23(22)25(30)14-21(24)8-9-26(29)31-4/h6,8-9,11,14-17H,5,7,10,12-13,18H2,1-4H3/q+1/b20-11+. The highest BCUT2D eigenvalue weighted by molar-refractivity contribution is 5.91. The van der Waals surface area contributed by atoms with Gasteiger partial charge in [-0.05, 0) is 74.9 Å². The van der Waals surface area contributed by atoms with Crippen molar-refractivity contribution >= 4 is 10.8 Å². The van der Waals surface area contributed by atoms with Crippen LogP contribution in [-0.2, 0) is 13.0 Å². The molecule has 2 aliphatic heterocycles. The van der Waals surface area contributed by atoms with Crippen molar-refractivity contribution < 1.29 is 23.5 Å². The number of nitrogens with zero attached hydrogens (tertiary/aromatic N) is 1. The van der Waals surface area contributed by atoms with Gasteiger partial charge >= 0.3 is 0 Å². The second-order valence-corrected chi connectivity index (χ2v) is 9.25. The van der Waals surface area contributed by atoms with E-state index in [4.69, 9.17) is 18.9 Å². The third-order valence-electron chi connectivity index (χ3n) is 6.55. The van der Waals surface area contributed by atoms with Gasteiger partial charge in [-0.3, -0.25) is 0 Å². The van der Waals surface area contributed by atoms with Gasteiger partial charge in [0, 0.05) is 12.5 Å². The summed E-state index contributed by atoms with van der Waals surface area (Å²) in [5, 5.41) is 2.18. The van der Waals surface area contributed by atoms with Crippen molar-refractivity contribution in [2.24, 2.45) is 0 Å². The van der Waals surface area contributed by atoms with Crippen molar-refractivity contribution in [3.8, 4) is 34.3 Å². The van der Waals surface area contributed by atoms with E-state index in [0.717, 1.165) is 59.6 Å². The third kappa shape index (κ3) is 4.35. The predicted octanol–water partition coefficient (Wildman–Crippen LogP) is 6.16. The molecule has 0 radical (unpaired) electrons. The monoisotopic (exact) mass is 458 g/mol. The lowest BCUT2D eigenvalue weighted by molar-refractivity contribution is -0.686. The van der Waals surface area contributed by atoms with Crippen LogP contribution < -0.4 is 23.5 Å². The quantitative estimate of drug-likeness (QED) is 0.314. The molecular formula is C29H32NO4+. The van der Waals surface area contributed by atoms with Crippen molar-refractivity contribution in [1.82, 2.24) is 0 Å². The van der Waals surface area contributed by atoms with Gasteiger partial charge in [0.1, 0.15) is 6.61 Å². The van der Waals surface area contributed by atoms with Gasteiger partial charge < -0.3 is 18.9 Å². The Labute approximate surface area is 201 Å². The Morgan fingerprint density at radius 3 is 2.68 bits per heavy atom. The molecule has 0 atom stereocenters. The summed E-state index contributed by atoms with van der Waals surface area (Å²) in [5.74, 6) is 3.21. The maximum absolute atomic E-state index is 6.29. The molecular weight excluding hydrogens is 426 g/mol. The van der Waals surface area contributed by atoms with E-state index < -0.39 is 0 Å². The molecule has 34 heavy (non-hydrogen) atoms. The molecule has 5 rings (SSSR count). The highest BCUT2D eigenvalue weighted by Gasteiger charge is 2.28. The fraction of sp³-hybridized carbons (Fsp3) is 0.345. The summed E-state index contributed by atoms with van der Waals surface area (Å²) in [6.07, 6.45) is 9.69. The van der Waals surface area contributed by atoms with E-state index in [-0.39, 0.29) is 0 Å². The molecule has 176 valence electrons. The molecule has 0 bridgehead atoms. The normalized spacial score (nSPS) is 13.9. The first kappa shape index (κ1) is 22.3. The number of allylic oxidation sites excluding steroid dienone is 3. The number of rotatable bonds is 7. The summed E-state index contributed by atoms with van der Waals surface area (Å²) < 4.78 is 25.5. The zero-order chi connectivity index (χ0) is 23.7. The van der Waals surface area contributed by atoms with Gasteiger partial charge in [-0.1, -0.05) is 17.2 Å². The van der Waals surface area contributed by atoms with Crippen LogP contribution in [0.5, 0.6) is 23.0 Å². The van der Waals surface area contributed by atoms with Crippen molar-refractivity contribution in [3.63, 3.8) is 0 Å². The van der Waals surface area contributed by atoms with Crippen LogP contribution in [0.25, 0.3) is 22.0 Å². The van der Waals surface area contributed by atoms with Crippen LogP contribution in [0.3, 0.4) is 0 Å². The summed E-state index contributed by atoms with van der Waals surface area (Å²) in [7, 11) is 1.69. The number of hydrogen-bond acceptors (Lipinski definition) is 4. The van der Waals surface area contributed by atoms with Crippen LogP contribution in [0.15, 0.2) is 59.8 Å². The molecule has 0 saturated heterocycles. The maximum Gasteiger partial charge on any atom is 0.231 e. The van der Waals surface area contributed by atoms with Gasteiger partial charge in [0.2, 0.25) is 12.5 Å². The highest BCUT2D eigenvalue weighted by Crippen LogP contribution is 2.41. The minimum Gasteiger partial charge on any atom is -0.493 e. The number of benzene rings is 2. The fourth-order valence-corrected chi connectivity index (χ4v) is 4.66. The topological polar surface area (TPSA) is 40.8 Å². The van der Waals surface area contributed by atoms with Gasteiger partial charge in [0.05, 0.1) is 18.1 Å². The first-order valence-electron chi connectivity index (χ1n) is 11.9. The lowest BCUT2D eigenvalue weighted by Gasteiger charge is -2.17. The molecule has 2 aliphatic rings. The highest BCUT2D eigenvalue weighted by atomic mass is 16.7. The number of fused-ring (bicyclic) bond motifs is 5. The Hall–Kier alpha value is -3.47. The van der Waals surface area contributed by atoms with E-state index in [2.05, 4.69) is 68.0 Å². The van der Waals surface area contributed by atoms with E-state index in [1.165, 1.54) is 28.0 Å². The van der Waals surface area contributed by atoms with Crippen molar-refractivity contribution in [3.05, 3.63) is 65.4 Å². The molecule has 0 unspecified atom stereocenters. The molecule has 5 nitrogen and oxygen atoms in total. The molecule has 0 aliphatic carbocycles. The molecule has 2 aromatic carbocycles. The van der Waals surface area contributed by atoms with Crippen molar-refractivity contribution in [1.29, 1.82) is 0 Å². The molecule has 5 heteroatoms. The summed E-state index contributed by atoms with van der Waals surface area (Å²) in [4.78, 5) is 0. The van der Waals surface area contributed by atoms with E-state index in [1.807, 2.05) is 6.07 Å². The average molecular weight is 459 g/mol. The van der Waals surface area contributed by atoms with Crippen LogP contribution in [0.2, 0.25) is 0 Å². The minimum absolute atomic E-state index is 0.291. The first-order valence-corrected chi connectivity index (χ1v) is 11.9. The third-order valence-corrected chi connectivity index (χ3v) is 6.55. The Kier molecular flexibility index (Phi) is 6.18. The Bertz CT molecular complexity index is 1300. The first-order chi connectivity index (χ1) is 16.5. The Morgan fingerprint density at radius 1 is 1.06 bits per heavy atom. The van der Waals surface area contributed by atoms with Gasteiger partial charge in [-0.15, -0.1) is 0 Å². The number of aryl methyl sites for hydroxylation is 2. The summed E-state index contributed by atoms with van der Waals surface area (Å²) in [6.45, 7) is 8.15. The molecule has 0 amide bonds. The zero-order valence-electron chi connectivity index (χ0n) is 20.4. The van der Waals surface area contributed by atoms with E-state index in [0.29, 0.717) is 13.4 Å². The molecule has 0 spiro atoms. The maximum atomic E-state index is 6.29. The van der Waals surface area contributed by atoms with Crippen LogP contribution >= 0.6 is 0 Å². The van der Waals surface area contributed by atoms with E-state index >= 15 is 0 Å². The Morgan fingerprint density at radius 2 is 1.88 bits per heavy atom. The van der Waals surface area contributed by atoms with Gasteiger partial charge in [-0.2, -0.15) is 4.57 Å². The molecule has 0 N–H and O–H groups in total. The average Bonchev–Trinajstić information content (AvgIpc) is 3.29. The minimum atomic E-state index is 0.291. The molecule has 1 aromatic heterocycles. The number of ether oxygens (including phenoxy) is 4. The second kappa shape index (κ2) is 9.41. The summed E-state index contributed by atoms with van der Waals surface area (Å²) in [6, 6.07) is 10.6. The van der Waals surface area contributed by atoms with Crippen LogP contribution in [-0.4, -0.2) is 20.5 Å². The van der Waals surface area contributed by atoms with Crippen LogP contribution in [0.4, 0.5) is 0 Å². The SMILES string of the molecule is COc1ccc2cc3[n+](cc2c1OC/C=C(\C)CCC=C(C)C)CCc1cc2c(cc1-3)OCO2. The molecule has 0 fully saturated rings. The fourth-order valence-electron chi connectivity index (χ4n) is 4.66. The Balaban J connectivity index is 1.46. The predicted molar refractivity (Wildman–Crippen MR) is 134 cm³/mol.